The molecule has 1 N–H and O–H groups in total. The number of rotatable bonds is 5. The number of nitrogens with zero attached hydrogens (tertiary/aromatic N) is 4. The number of aromatic nitrogens is 3. The van der Waals surface area contributed by atoms with Crippen molar-refractivity contribution >= 4 is 39.9 Å². The van der Waals surface area contributed by atoms with E-state index in [4.69, 9.17) is 0 Å². The number of ketones is 1. The zero-order chi connectivity index (χ0) is 20.0. The number of carbonyl (C=O) groups excluding carboxylic acids is 1. The van der Waals surface area contributed by atoms with E-state index < -0.39 is 11.4 Å². The van der Waals surface area contributed by atoms with Gasteiger partial charge in [-0.1, -0.05) is 6.92 Å². The maximum absolute atomic E-state index is 12.7. The minimum atomic E-state index is -1.29. The minimum Gasteiger partial charge on any atom is -0.477 e. The second-order valence-electron chi connectivity index (χ2n) is 6.78. The number of pyridine rings is 2. The largest absolute Gasteiger partial charge is 0.477 e. The summed E-state index contributed by atoms with van der Waals surface area (Å²) in [6, 6.07) is 1.77. The van der Waals surface area contributed by atoms with Crippen molar-refractivity contribution in [2.45, 2.75) is 20.3 Å². The predicted molar refractivity (Wildman–Crippen MR) is 106 cm³/mol. The highest BCUT2D eigenvalue weighted by Crippen LogP contribution is 2.29. The van der Waals surface area contributed by atoms with Crippen molar-refractivity contribution in [1.82, 2.24) is 14.5 Å². The topological polar surface area (TPSA) is 105 Å². The van der Waals surface area contributed by atoms with Crippen LogP contribution in [0.2, 0.25) is 0 Å². The molecule has 1 fully saturated rings. The number of aryl methyl sites for hydroxylation is 1. The van der Waals surface area contributed by atoms with Crippen LogP contribution in [0.3, 0.4) is 0 Å². The van der Waals surface area contributed by atoms with Crippen LogP contribution >= 0.6 is 11.3 Å². The Labute approximate surface area is 164 Å². The first-order valence-corrected chi connectivity index (χ1v) is 9.76. The summed E-state index contributed by atoms with van der Waals surface area (Å²) in [7, 11) is 0. The lowest BCUT2D eigenvalue weighted by Gasteiger charge is -2.39. The molecule has 0 unspecified atom stereocenters. The van der Waals surface area contributed by atoms with Gasteiger partial charge in [0.05, 0.1) is 11.3 Å². The molecule has 1 aliphatic heterocycles. The molecule has 0 aromatic carbocycles. The van der Waals surface area contributed by atoms with Gasteiger partial charge in [-0.3, -0.25) is 14.2 Å². The third kappa shape index (κ3) is 2.88. The highest BCUT2D eigenvalue weighted by Gasteiger charge is 2.33. The molecule has 0 amide bonds. The molecule has 4 heterocycles. The van der Waals surface area contributed by atoms with Gasteiger partial charge in [0.2, 0.25) is 5.43 Å². The number of carboxylic acids is 1. The van der Waals surface area contributed by atoms with E-state index in [1.54, 1.807) is 29.1 Å². The summed E-state index contributed by atoms with van der Waals surface area (Å²) in [6.45, 7) is 4.82. The smallest absolute Gasteiger partial charge is 0.341 e. The average Bonchev–Trinajstić information content (AvgIpc) is 3.14. The summed E-state index contributed by atoms with van der Waals surface area (Å²) in [5.74, 6) is -0.375. The fourth-order valence-electron chi connectivity index (χ4n) is 3.43. The number of carboxylic acid groups (broad SMARTS) is 1. The van der Waals surface area contributed by atoms with Crippen LogP contribution in [-0.2, 0) is 4.79 Å². The first-order valence-electron chi connectivity index (χ1n) is 8.88. The van der Waals surface area contributed by atoms with E-state index in [0.717, 1.165) is 0 Å². The molecule has 0 radical (unpaired) electrons. The summed E-state index contributed by atoms with van der Waals surface area (Å²) in [5.41, 5.74) is 0.126. The molecule has 0 bridgehead atoms. The number of aromatic carboxylic acids is 1. The third-order valence-corrected chi connectivity index (χ3v) is 5.78. The number of anilines is 1. The molecule has 4 rings (SSSR count). The fraction of sp³-hybridized carbons (Fsp3) is 0.316. The van der Waals surface area contributed by atoms with Crippen molar-refractivity contribution in [3.63, 3.8) is 0 Å². The summed E-state index contributed by atoms with van der Waals surface area (Å²) in [6.07, 6.45) is 3.41. The number of Topliss-reactive ketones (excluding diaryl/α,β-unsaturated/α-hetero) is 1. The molecular weight excluding hydrogens is 380 g/mol. The van der Waals surface area contributed by atoms with E-state index in [1.165, 1.54) is 17.5 Å². The van der Waals surface area contributed by atoms with E-state index in [1.807, 2.05) is 11.8 Å². The van der Waals surface area contributed by atoms with Crippen molar-refractivity contribution in [3.05, 3.63) is 45.2 Å². The molecule has 144 valence electrons. The minimum absolute atomic E-state index is 0.0124. The van der Waals surface area contributed by atoms with Crippen LogP contribution in [0.5, 0.6) is 0 Å². The SMILES string of the molecule is CCC(=O)C1CN(c2cc(C)c3c(=O)c(C(=O)O)cn(-c4nccs4)c3n2)C1. The van der Waals surface area contributed by atoms with E-state index in [0.29, 0.717) is 41.7 Å². The quantitative estimate of drug-likeness (QED) is 0.703. The van der Waals surface area contributed by atoms with Gasteiger partial charge in [-0.05, 0) is 18.6 Å². The summed E-state index contributed by atoms with van der Waals surface area (Å²) >= 11 is 1.32. The molecule has 28 heavy (non-hydrogen) atoms. The second-order valence-corrected chi connectivity index (χ2v) is 7.65. The predicted octanol–water partition coefficient (Wildman–Crippen LogP) is 2.26. The van der Waals surface area contributed by atoms with Gasteiger partial charge in [-0.2, -0.15) is 0 Å². The van der Waals surface area contributed by atoms with Gasteiger partial charge < -0.3 is 10.0 Å². The second kappa shape index (κ2) is 6.83. The maximum Gasteiger partial charge on any atom is 0.341 e. The summed E-state index contributed by atoms with van der Waals surface area (Å²) < 4.78 is 1.55. The Morgan fingerprint density at radius 2 is 2.11 bits per heavy atom. The highest BCUT2D eigenvalue weighted by molar-refractivity contribution is 7.12. The van der Waals surface area contributed by atoms with Gasteiger partial charge in [-0.25, -0.2) is 14.8 Å². The van der Waals surface area contributed by atoms with E-state index in [-0.39, 0.29) is 22.7 Å². The molecule has 9 heteroatoms. The average molecular weight is 398 g/mol. The van der Waals surface area contributed by atoms with Gasteiger partial charge in [0.1, 0.15) is 17.2 Å². The lowest BCUT2D eigenvalue weighted by Crippen LogP contribution is -2.50. The number of thiazole rings is 1. The Morgan fingerprint density at radius 1 is 1.36 bits per heavy atom. The number of hydrogen-bond acceptors (Lipinski definition) is 7. The number of fused-ring (bicyclic) bond motifs is 1. The van der Waals surface area contributed by atoms with Crippen molar-refractivity contribution < 1.29 is 14.7 Å². The standard InChI is InChI=1S/C19H18N4O4S/c1-3-13(24)11-7-22(8-11)14-6-10(2)15-16(25)12(18(26)27)9-23(17(15)21-14)19-20-4-5-28-19/h4-6,9,11H,3,7-8H2,1-2H3,(H,26,27). The third-order valence-electron chi connectivity index (χ3n) is 5.01. The molecule has 1 saturated heterocycles. The summed E-state index contributed by atoms with van der Waals surface area (Å²) in [4.78, 5) is 47.0. The monoisotopic (exact) mass is 398 g/mol. The highest BCUT2D eigenvalue weighted by atomic mass is 32.1. The Balaban J connectivity index is 1.88. The van der Waals surface area contributed by atoms with E-state index in [9.17, 15) is 19.5 Å². The molecule has 3 aromatic rings. The summed E-state index contributed by atoms with van der Waals surface area (Å²) in [5, 5.41) is 12.0. The molecule has 0 atom stereocenters. The molecule has 3 aromatic heterocycles. The molecule has 0 spiro atoms. The van der Waals surface area contributed by atoms with Crippen molar-refractivity contribution in [1.29, 1.82) is 0 Å². The number of carbonyl (C=O) groups is 2. The normalized spacial score (nSPS) is 14.3. The van der Waals surface area contributed by atoms with Crippen molar-refractivity contribution in [2.75, 3.05) is 18.0 Å². The van der Waals surface area contributed by atoms with Gasteiger partial charge >= 0.3 is 5.97 Å². The van der Waals surface area contributed by atoms with Crippen LogP contribution in [-0.4, -0.2) is 44.5 Å². The Morgan fingerprint density at radius 3 is 2.71 bits per heavy atom. The fourth-order valence-corrected chi connectivity index (χ4v) is 4.05. The molecule has 0 saturated carbocycles. The van der Waals surface area contributed by atoms with Gasteiger partial charge in [0.25, 0.3) is 0 Å². The lowest BCUT2D eigenvalue weighted by atomic mass is 9.93. The van der Waals surface area contributed by atoms with Crippen LogP contribution < -0.4 is 10.3 Å². The van der Waals surface area contributed by atoms with E-state index in [2.05, 4.69) is 9.97 Å². The Hall–Kier alpha value is -3.07. The Kier molecular flexibility index (Phi) is 4.46. The van der Waals surface area contributed by atoms with Crippen molar-refractivity contribution in [3.8, 4) is 5.13 Å². The number of hydrogen-bond donors (Lipinski definition) is 1. The van der Waals surface area contributed by atoms with Crippen LogP contribution in [0.1, 0.15) is 29.3 Å². The molecule has 8 nitrogen and oxygen atoms in total. The first-order chi connectivity index (χ1) is 13.4. The van der Waals surface area contributed by atoms with Crippen LogP contribution in [0.25, 0.3) is 16.2 Å². The van der Waals surface area contributed by atoms with Crippen molar-refractivity contribution in [2.24, 2.45) is 5.92 Å². The van der Waals surface area contributed by atoms with Crippen LogP contribution in [0, 0.1) is 12.8 Å². The van der Waals surface area contributed by atoms with Gasteiger partial charge in [0.15, 0.2) is 10.8 Å². The maximum atomic E-state index is 12.7. The van der Waals surface area contributed by atoms with Gasteiger partial charge in [0, 0.05) is 37.3 Å². The first kappa shape index (κ1) is 18.3. The van der Waals surface area contributed by atoms with Gasteiger partial charge in [-0.15, -0.1) is 11.3 Å². The van der Waals surface area contributed by atoms with E-state index >= 15 is 0 Å². The molecule has 1 aliphatic rings. The molecule has 0 aliphatic carbocycles. The Bertz CT molecular complexity index is 1150. The van der Waals surface area contributed by atoms with Crippen LogP contribution in [0.15, 0.2) is 28.6 Å². The van der Waals surface area contributed by atoms with Crippen LogP contribution in [0.4, 0.5) is 5.82 Å². The lowest BCUT2D eigenvalue weighted by molar-refractivity contribution is -0.123. The molecular formula is C19H18N4O4S. The zero-order valence-electron chi connectivity index (χ0n) is 15.4. The zero-order valence-corrected chi connectivity index (χ0v) is 16.2.